The molecular weight excluding hydrogens is 620 g/mol. The summed E-state index contributed by atoms with van der Waals surface area (Å²) in [6.45, 7) is 0. The van der Waals surface area contributed by atoms with Gasteiger partial charge in [0.25, 0.3) is 0 Å². The number of amides is 1. The highest BCUT2D eigenvalue weighted by Gasteiger charge is 2.49. The van der Waals surface area contributed by atoms with E-state index in [2.05, 4.69) is 31.9 Å². The average Bonchev–Trinajstić information content (AvgIpc) is 2.84. The second kappa shape index (κ2) is 12.8. The van der Waals surface area contributed by atoms with Gasteiger partial charge in [0.2, 0.25) is 5.91 Å². The molecule has 1 aliphatic rings. The number of carbonyl (C=O) groups is 3. The van der Waals surface area contributed by atoms with Crippen LogP contribution in [0.2, 0.25) is 0 Å². The SMILES string of the molecule is COC(=O)C1=C(C(=O)OC)N(c2ccc(Br)cc2)C(=O)[C@@H](C#N)[C@H]1c1cc(Br)ccc1O.CS(C)=O. The normalized spacial score (nSPS) is 17.2. The van der Waals surface area contributed by atoms with Crippen LogP contribution in [-0.2, 0) is 34.7 Å². The maximum atomic E-state index is 13.5. The van der Waals surface area contributed by atoms with Crippen molar-refractivity contribution >= 4 is 66.2 Å². The predicted molar refractivity (Wildman–Crippen MR) is 140 cm³/mol. The Morgan fingerprint density at radius 1 is 1.03 bits per heavy atom. The van der Waals surface area contributed by atoms with Crippen LogP contribution >= 0.6 is 31.9 Å². The van der Waals surface area contributed by atoms with E-state index in [0.717, 1.165) is 23.6 Å². The number of carbonyl (C=O) groups excluding carboxylic acids is 3. The van der Waals surface area contributed by atoms with Gasteiger partial charge in [0.1, 0.15) is 17.4 Å². The quantitative estimate of drug-likeness (QED) is 0.499. The van der Waals surface area contributed by atoms with Crippen LogP contribution in [0.4, 0.5) is 5.69 Å². The number of methoxy groups -OCH3 is 2. The summed E-state index contributed by atoms with van der Waals surface area (Å²) in [5, 5.41) is 20.4. The summed E-state index contributed by atoms with van der Waals surface area (Å²) in [6, 6.07) is 12.7. The number of anilines is 1. The van der Waals surface area contributed by atoms with Crippen molar-refractivity contribution in [1.82, 2.24) is 0 Å². The first kappa shape index (κ1) is 29.2. The molecule has 2 aromatic rings. The minimum Gasteiger partial charge on any atom is -0.508 e. The molecule has 3 rings (SSSR count). The van der Waals surface area contributed by atoms with Crippen LogP contribution < -0.4 is 4.90 Å². The van der Waals surface area contributed by atoms with Gasteiger partial charge >= 0.3 is 11.9 Å². The van der Waals surface area contributed by atoms with E-state index in [4.69, 9.17) is 9.47 Å². The van der Waals surface area contributed by atoms with Gasteiger partial charge < -0.3 is 14.6 Å². The van der Waals surface area contributed by atoms with E-state index in [1.807, 2.05) is 6.07 Å². The minimum absolute atomic E-state index is 0.108. The summed E-state index contributed by atoms with van der Waals surface area (Å²) < 4.78 is 20.6. The third-order valence-electron chi connectivity index (χ3n) is 4.94. The molecule has 0 radical (unpaired) electrons. The molecule has 0 saturated carbocycles. The number of nitriles is 1. The van der Waals surface area contributed by atoms with Crippen LogP contribution in [0.5, 0.6) is 5.75 Å². The van der Waals surface area contributed by atoms with Gasteiger partial charge in [-0.15, -0.1) is 0 Å². The molecule has 0 fully saturated rings. The molecule has 1 heterocycles. The monoisotopic (exact) mass is 640 g/mol. The number of hydrogen-bond acceptors (Lipinski definition) is 8. The zero-order valence-corrected chi connectivity index (χ0v) is 23.6. The van der Waals surface area contributed by atoms with E-state index in [1.54, 1.807) is 42.8 Å². The molecule has 2 atom stereocenters. The number of hydrogen-bond donors (Lipinski definition) is 1. The second-order valence-corrected chi connectivity index (χ2v) is 10.7. The van der Waals surface area contributed by atoms with Crippen LogP contribution in [-0.4, -0.2) is 53.9 Å². The number of phenols is 1. The molecule has 190 valence electrons. The fourth-order valence-electron chi connectivity index (χ4n) is 3.54. The molecule has 0 unspecified atom stereocenters. The van der Waals surface area contributed by atoms with Gasteiger partial charge in [-0.25, -0.2) is 9.59 Å². The standard InChI is InChI=1S/C22H16Br2N2O6.C2H6OS/c1-31-21(29)18-17(14-9-12(24)5-8-16(14)27)15(10-25)20(28)26(19(18)22(30)32-2)13-6-3-11(23)4-7-13;1-4(2)3/h3-9,15,17,27H,1-2H3;1-2H3/t15-,17+;/m0./s1. The lowest BCUT2D eigenvalue weighted by atomic mass is 9.76. The number of rotatable bonds is 4. The number of ether oxygens (including phenoxy) is 2. The van der Waals surface area contributed by atoms with Crippen molar-refractivity contribution in [2.45, 2.75) is 5.92 Å². The largest absolute Gasteiger partial charge is 0.508 e. The first-order chi connectivity index (χ1) is 17.0. The van der Waals surface area contributed by atoms with E-state index in [9.17, 15) is 29.0 Å². The fourth-order valence-corrected chi connectivity index (χ4v) is 4.19. The Balaban J connectivity index is 0.00000106. The van der Waals surface area contributed by atoms with Crippen molar-refractivity contribution in [3.05, 3.63) is 68.2 Å². The van der Waals surface area contributed by atoms with Crippen LogP contribution in [0.25, 0.3) is 0 Å². The Morgan fingerprint density at radius 2 is 1.56 bits per heavy atom. The average molecular weight is 642 g/mol. The van der Waals surface area contributed by atoms with Crippen LogP contribution in [0, 0.1) is 17.2 Å². The molecule has 1 N–H and O–H groups in total. The van der Waals surface area contributed by atoms with Crippen LogP contribution in [0.3, 0.4) is 0 Å². The molecule has 1 amide bonds. The van der Waals surface area contributed by atoms with Crippen molar-refractivity contribution in [3.63, 3.8) is 0 Å². The van der Waals surface area contributed by atoms with Crippen molar-refractivity contribution < 1.29 is 33.2 Å². The second-order valence-electron chi connectivity index (χ2n) is 7.42. The molecule has 0 aliphatic carbocycles. The zero-order valence-electron chi connectivity index (χ0n) is 19.7. The Labute approximate surface area is 227 Å². The zero-order chi connectivity index (χ0) is 27.2. The summed E-state index contributed by atoms with van der Waals surface area (Å²) in [5.74, 6) is -5.65. The highest BCUT2D eigenvalue weighted by atomic mass is 79.9. The molecule has 36 heavy (non-hydrogen) atoms. The Kier molecular flexibility index (Phi) is 10.4. The summed E-state index contributed by atoms with van der Waals surface area (Å²) in [7, 11) is 1.61. The van der Waals surface area contributed by atoms with E-state index in [0.29, 0.717) is 4.47 Å². The lowest BCUT2D eigenvalue weighted by Crippen LogP contribution is -2.47. The van der Waals surface area contributed by atoms with Crippen molar-refractivity contribution in [1.29, 1.82) is 5.26 Å². The summed E-state index contributed by atoms with van der Waals surface area (Å²) in [6.07, 6.45) is 3.28. The van der Waals surface area contributed by atoms with E-state index in [-0.39, 0.29) is 28.3 Å². The minimum atomic E-state index is -1.44. The first-order valence-corrected chi connectivity index (χ1v) is 13.7. The van der Waals surface area contributed by atoms with Gasteiger partial charge in [-0.3, -0.25) is 13.9 Å². The molecular formula is C24H22Br2N2O7S. The van der Waals surface area contributed by atoms with Gasteiger partial charge in [-0.1, -0.05) is 31.9 Å². The van der Waals surface area contributed by atoms with E-state index in [1.165, 1.54) is 12.1 Å². The molecule has 0 aromatic heterocycles. The number of benzene rings is 2. The van der Waals surface area contributed by atoms with Crippen LogP contribution in [0.15, 0.2) is 62.7 Å². The van der Waals surface area contributed by atoms with Gasteiger partial charge in [0.05, 0.1) is 25.9 Å². The first-order valence-electron chi connectivity index (χ1n) is 10.1. The van der Waals surface area contributed by atoms with Gasteiger partial charge in [0.15, 0.2) is 0 Å². The summed E-state index contributed by atoms with van der Waals surface area (Å²) in [4.78, 5) is 40.3. The molecule has 2 aromatic carbocycles. The molecule has 9 nitrogen and oxygen atoms in total. The summed E-state index contributed by atoms with van der Waals surface area (Å²) in [5.41, 5.74) is -0.307. The molecule has 0 bridgehead atoms. The fraction of sp³-hybridized carbons (Fsp3) is 0.250. The number of aromatic hydroxyl groups is 1. The van der Waals surface area contributed by atoms with Crippen molar-refractivity contribution in [2.75, 3.05) is 31.6 Å². The Morgan fingerprint density at radius 3 is 2.06 bits per heavy atom. The topological polar surface area (TPSA) is 134 Å². The predicted octanol–water partition coefficient (Wildman–Crippen LogP) is 3.78. The highest BCUT2D eigenvalue weighted by Crippen LogP contribution is 2.46. The van der Waals surface area contributed by atoms with Crippen LogP contribution in [0.1, 0.15) is 11.5 Å². The maximum Gasteiger partial charge on any atom is 0.355 e. The van der Waals surface area contributed by atoms with Gasteiger partial charge in [-0.05, 0) is 42.5 Å². The van der Waals surface area contributed by atoms with Crippen molar-refractivity contribution in [2.24, 2.45) is 5.92 Å². The lowest BCUT2D eigenvalue weighted by Gasteiger charge is -2.37. The number of nitrogens with zero attached hydrogens (tertiary/aromatic N) is 2. The molecule has 0 saturated heterocycles. The molecule has 12 heteroatoms. The number of halogens is 2. The Bertz CT molecular complexity index is 1270. The maximum absolute atomic E-state index is 13.5. The summed E-state index contributed by atoms with van der Waals surface area (Å²) >= 11 is 6.59. The third-order valence-corrected chi connectivity index (χ3v) is 5.96. The Hall–Kier alpha value is -3.01. The number of esters is 2. The van der Waals surface area contributed by atoms with Crippen molar-refractivity contribution in [3.8, 4) is 11.8 Å². The third kappa shape index (κ3) is 6.40. The smallest absolute Gasteiger partial charge is 0.355 e. The lowest BCUT2D eigenvalue weighted by molar-refractivity contribution is -0.141. The number of phenolic OH excluding ortho intramolecular Hbond substituents is 1. The van der Waals surface area contributed by atoms with Gasteiger partial charge in [-0.2, -0.15) is 5.26 Å². The highest BCUT2D eigenvalue weighted by molar-refractivity contribution is 9.10. The van der Waals surface area contributed by atoms with E-state index >= 15 is 0 Å². The van der Waals surface area contributed by atoms with E-state index < -0.39 is 40.5 Å². The molecule has 1 aliphatic heterocycles. The molecule has 0 spiro atoms. The van der Waals surface area contributed by atoms with Gasteiger partial charge in [0, 0.05) is 49.4 Å².